The molecule has 7 heteroatoms. The van der Waals surface area contributed by atoms with Crippen LogP contribution in [0.5, 0.6) is 0 Å². The maximum Gasteiger partial charge on any atom is 0.240 e. The fourth-order valence-corrected chi connectivity index (χ4v) is 3.25. The van der Waals surface area contributed by atoms with Crippen molar-refractivity contribution in [2.75, 3.05) is 20.6 Å². The highest BCUT2D eigenvalue weighted by Crippen LogP contribution is 2.19. The molecule has 0 heterocycles. The van der Waals surface area contributed by atoms with Gasteiger partial charge in [0.15, 0.2) is 0 Å². The van der Waals surface area contributed by atoms with E-state index >= 15 is 0 Å². The van der Waals surface area contributed by atoms with Crippen molar-refractivity contribution >= 4 is 26.0 Å². The number of benzene rings is 1. The molecule has 0 fully saturated rings. The molecule has 4 nitrogen and oxygen atoms in total. The van der Waals surface area contributed by atoms with E-state index in [-0.39, 0.29) is 22.0 Å². The lowest BCUT2D eigenvalue weighted by atomic mass is 10.0. The number of sulfonamides is 1. The molecule has 0 saturated carbocycles. The molecule has 0 aliphatic heterocycles. The molecule has 0 radical (unpaired) electrons. The third-order valence-electron chi connectivity index (χ3n) is 3.12. The average Bonchev–Trinajstić information content (AvgIpc) is 2.31. The van der Waals surface area contributed by atoms with E-state index in [9.17, 15) is 12.8 Å². The molecular formula is C13H20BrFN2O2S. The first-order chi connectivity index (χ1) is 9.15. The van der Waals surface area contributed by atoms with Gasteiger partial charge in [-0.3, -0.25) is 0 Å². The molecule has 0 saturated heterocycles. The van der Waals surface area contributed by atoms with Crippen molar-refractivity contribution in [3.63, 3.8) is 0 Å². The second-order valence-electron chi connectivity index (χ2n) is 5.20. The van der Waals surface area contributed by atoms with Gasteiger partial charge in [0, 0.05) is 12.6 Å². The topological polar surface area (TPSA) is 49.4 Å². The number of likely N-dealkylation sites (N-methyl/N-ethyl adjacent to an activating group) is 1. The molecule has 1 rings (SSSR count). The van der Waals surface area contributed by atoms with E-state index in [2.05, 4.69) is 20.7 Å². The molecule has 1 unspecified atom stereocenters. The van der Waals surface area contributed by atoms with E-state index in [4.69, 9.17) is 0 Å². The van der Waals surface area contributed by atoms with Gasteiger partial charge in [0.2, 0.25) is 10.0 Å². The number of halogens is 2. The van der Waals surface area contributed by atoms with Crippen LogP contribution in [0.2, 0.25) is 0 Å². The minimum atomic E-state index is -3.70. The summed E-state index contributed by atoms with van der Waals surface area (Å²) in [6, 6.07) is 3.84. The predicted molar refractivity (Wildman–Crippen MR) is 81.6 cm³/mol. The summed E-state index contributed by atoms with van der Waals surface area (Å²) in [6.07, 6.45) is 0. The summed E-state index contributed by atoms with van der Waals surface area (Å²) in [6.45, 7) is 4.33. The highest BCUT2D eigenvalue weighted by Gasteiger charge is 2.21. The van der Waals surface area contributed by atoms with Gasteiger partial charge in [0.05, 0.1) is 9.37 Å². The number of rotatable bonds is 6. The molecule has 1 aromatic rings. The van der Waals surface area contributed by atoms with Gasteiger partial charge in [0.25, 0.3) is 0 Å². The second-order valence-corrected chi connectivity index (χ2v) is 7.82. The summed E-state index contributed by atoms with van der Waals surface area (Å²) in [5, 5.41) is 0. The largest absolute Gasteiger partial charge is 0.305 e. The van der Waals surface area contributed by atoms with Crippen LogP contribution in [0.25, 0.3) is 0 Å². The summed E-state index contributed by atoms with van der Waals surface area (Å²) >= 11 is 3.00. The van der Waals surface area contributed by atoms with Crippen molar-refractivity contribution in [2.24, 2.45) is 5.92 Å². The van der Waals surface area contributed by atoms with Crippen molar-refractivity contribution in [3.05, 3.63) is 28.5 Å². The summed E-state index contributed by atoms with van der Waals surface area (Å²) < 4.78 is 40.5. The van der Waals surface area contributed by atoms with Crippen LogP contribution < -0.4 is 4.72 Å². The first kappa shape index (κ1) is 17.6. The Balaban J connectivity index is 2.87. The van der Waals surface area contributed by atoms with Gasteiger partial charge in [-0.25, -0.2) is 17.5 Å². The quantitative estimate of drug-likeness (QED) is 0.840. The Hall–Kier alpha value is -0.500. The number of nitrogens with zero attached hydrogens (tertiary/aromatic N) is 1. The third-order valence-corrected chi connectivity index (χ3v) is 5.18. The number of nitrogens with one attached hydrogen (secondary N) is 1. The third kappa shape index (κ3) is 4.51. The monoisotopic (exact) mass is 366 g/mol. The summed E-state index contributed by atoms with van der Waals surface area (Å²) in [7, 11) is 0.103. The minimum Gasteiger partial charge on any atom is -0.305 e. The zero-order valence-corrected chi connectivity index (χ0v) is 14.4. The zero-order valence-electron chi connectivity index (χ0n) is 12.0. The number of hydrogen-bond donors (Lipinski definition) is 1. The van der Waals surface area contributed by atoms with Gasteiger partial charge < -0.3 is 4.90 Å². The highest BCUT2D eigenvalue weighted by molar-refractivity contribution is 9.10. The Kier molecular flexibility index (Phi) is 6.12. The van der Waals surface area contributed by atoms with Crippen LogP contribution in [0, 0.1) is 11.7 Å². The van der Waals surface area contributed by atoms with Crippen molar-refractivity contribution in [1.29, 1.82) is 0 Å². The molecule has 0 aliphatic carbocycles. The summed E-state index contributed by atoms with van der Waals surface area (Å²) in [5.74, 6) is -0.296. The SMILES string of the molecule is CC(C)C(CNS(=O)(=O)c1ccc(Br)c(F)c1)N(C)C. The molecule has 0 aliphatic rings. The summed E-state index contributed by atoms with van der Waals surface area (Å²) in [5.41, 5.74) is 0. The second kappa shape index (κ2) is 6.98. The average molecular weight is 367 g/mol. The van der Waals surface area contributed by atoms with Crippen LogP contribution in [0.4, 0.5) is 4.39 Å². The molecule has 0 spiro atoms. The first-order valence-electron chi connectivity index (χ1n) is 6.26. The van der Waals surface area contributed by atoms with Gasteiger partial charge >= 0.3 is 0 Å². The van der Waals surface area contributed by atoms with E-state index < -0.39 is 15.8 Å². The zero-order chi connectivity index (χ0) is 15.5. The Labute approximate surface area is 128 Å². The number of hydrogen-bond acceptors (Lipinski definition) is 3. The molecule has 1 N–H and O–H groups in total. The maximum atomic E-state index is 13.4. The maximum absolute atomic E-state index is 13.4. The fraction of sp³-hybridized carbons (Fsp3) is 0.538. The standard InChI is InChI=1S/C13H20BrFN2O2S/c1-9(2)13(17(3)4)8-16-20(18,19)10-5-6-11(14)12(15)7-10/h5-7,9,13,16H,8H2,1-4H3. The first-order valence-corrected chi connectivity index (χ1v) is 8.54. The Bertz CT molecular complexity index is 553. The molecule has 20 heavy (non-hydrogen) atoms. The Morgan fingerprint density at radius 1 is 1.35 bits per heavy atom. The van der Waals surface area contributed by atoms with Crippen molar-refractivity contribution in [2.45, 2.75) is 24.8 Å². The smallest absolute Gasteiger partial charge is 0.240 e. The van der Waals surface area contributed by atoms with Crippen molar-refractivity contribution in [3.8, 4) is 0 Å². The van der Waals surface area contributed by atoms with Crippen LogP contribution in [0.15, 0.2) is 27.6 Å². The van der Waals surface area contributed by atoms with Gasteiger partial charge in [-0.05, 0) is 54.1 Å². The van der Waals surface area contributed by atoms with Crippen LogP contribution >= 0.6 is 15.9 Å². The molecule has 1 aromatic carbocycles. The minimum absolute atomic E-state index is 0.0699. The molecule has 0 bridgehead atoms. The van der Waals surface area contributed by atoms with Crippen molar-refractivity contribution in [1.82, 2.24) is 9.62 Å². The van der Waals surface area contributed by atoms with Crippen LogP contribution in [-0.4, -0.2) is 40.0 Å². The summed E-state index contributed by atoms with van der Waals surface area (Å²) in [4.78, 5) is 1.90. The molecular weight excluding hydrogens is 347 g/mol. The molecule has 0 amide bonds. The molecule has 114 valence electrons. The van der Waals surface area contributed by atoms with E-state index in [1.165, 1.54) is 12.1 Å². The van der Waals surface area contributed by atoms with Gasteiger partial charge in [-0.2, -0.15) is 0 Å². The highest BCUT2D eigenvalue weighted by atomic mass is 79.9. The van der Waals surface area contributed by atoms with Crippen LogP contribution in [0.1, 0.15) is 13.8 Å². The fourth-order valence-electron chi connectivity index (χ4n) is 1.94. The normalized spacial score (nSPS) is 14.0. The van der Waals surface area contributed by atoms with Gasteiger partial charge in [-0.15, -0.1) is 0 Å². The van der Waals surface area contributed by atoms with Gasteiger partial charge in [0.1, 0.15) is 5.82 Å². The Morgan fingerprint density at radius 3 is 2.40 bits per heavy atom. The van der Waals surface area contributed by atoms with E-state index in [0.717, 1.165) is 6.07 Å². The lowest BCUT2D eigenvalue weighted by molar-refractivity contribution is 0.233. The lowest BCUT2D eigenvalue weighted by Gasteiger charge is -2.28. The van der Waals surface area contributed by atoms with E-state index in [0.29, 0.717) is 5.92 Å². The van der Waals surface area contributed by atoms with Crippen LogP contribution in [0.3, 0.4) is 0 Å². The molecule has 0 aromatic heterocycles. The molecule has 1 atom stereocenters. The van der Waals surface area contributed by atoms with E-state index in [1.54, 1.807) is 0 Å². The van der Waals surface area contributed by atoms with E-state index in [1.807, 2.05) is 32.8 Å². The van der Waals surface area contributed by atoms with Crippen molar-refractivity contribution < 1.29 is 12.8 Å². The predicted octanol–water partition coefficient (Wildman–Crippen LogP) is 2.45. The van der Waals surface area contributed by atoms with Crippen LogP contribution in [-0.2, 0) is 10.0 Å². The van der Waals surface area contributed by atoms with Gasteiger partial charge in [-0.1, -0.05) is 13.8 Å². The lowest BCUT2D eigenvalue weighted by Crippen LogP contribution is -2.43. The Morgan fingerprint density at radius 2 is 1.95 bits per heavy atom.